The molecule has 0 aliphatic rings. The van der Waals surface area contributed by atoms with E-state index in [0.717, 1.165) is 4.57 Å². The highest BCUT2D eigenvalue weighted by molar-refractivity contribution is 5.33. The van der Waals surface area contributed by atoms with Gasteiger partial charge in [0.2, 0.25) is 0 Å². The van der Waals surface area contributed by atoms with Crippen LogP contribution in [0.15, 0.2) is 40.1 Å². The lowest BCUT2D eigenvalue weighted by molar-refractivity contribution is -0.0505. The van der Waals surface area contributed by atoms with E-state index in [1.165, 1.54) is 23.9 Å². The minimum atomic E-state index is -2.90. The number of aromatic nitrogens is 2. The number of nitrogens with zero attached hydrogens (tertiary/aromatic N) is 2. The molecule has 6 nitrogen and oxygen atoms in total. The maximum atomic E-state index is 12.3. The molecule has 1 aromatic carbocycles. The first-order valence-corrected chi connectivity index (χ1v) is 6.89. The normalized spacial score (nSPS) is 11.0. The Morgan fingerprint density at radius 1 is 1.13 bits per heavy atom. The maximum Gasteiger partial charge on any atom is 0.387 e. The number of ether oxygens (including phenoxy) is 1. The van der Waals surface area contributed by atoms with Crippen molar-refractivity contribution in [2.24, 2.45) is 14.1 Å². The van der Waals surface area contributed by atoms with Crippen LogP contribution in [0.3, 0.4) is 0 Å². The molecule has 0 spiro atoms. The van der Waals surface area contributed by atoms with Crippen molar-refractivity contribution in [1.82, 2.24) is 14.5 Å². The Morgan fingerprint density at radius 2 is 1.78 bits per heavy atom. The topological polar surface area (TPSA) is 65.3 Å². The summed E-state index contributed by atoms with van der Waals surface area (Å²) in [7, 11) is 2.96. The van der Waals surface area contributed by atoms with Gasteiger partial charge in [0.1, 0.15) is 5.75 Å². The lowest BCUT2D eigenvalue weighted by Gasteiger charge is -2.12. The summed E-state index contributed by atoms with van der Waals surface area (Å²) in [5, 5.41) is 2.99. The molecule has 0 fully saturated rings. The van der Waals surface area contributed by atoms with Crippen LogP contribution in [0, 0.1) is 0 Å². The summed E-state index contributed by atoms with van der Waals surface area (Å²) in [6.07, 6.45) is 1.46. The van der Waals surface area contributed by atoms with Crippen molar-refractivity contribution in [2.75, 3.05) is 0 Å². The molecule has 0 saturated heterocycles. The number of halogens is 2. The number of aryl methyl sites for hydroxylation is 1. The van der Waals surface area contributed by atoms with Crippen LogP contribution in [-0.2, 0) is 27.2 Å². The third-order valence-electron chi connectivity index (χ3n) is 3.34. The van der Waals surface area contributed by atoms with Gasteiger partial charge in [0, 0.05) is 44.5 Å². The zero-order chi connectivity index (χ0) is 17.0. The Bertz CT molecular complexity index is 799. The molecule has 0 aliphatic carbocycles. The van der Waals surface area contributed by atoms with Gasteiger partial charge in [0.25, 0.3) is 5.56 Å². The number of nitrogens with one attached hydrogen (secondary N) is 1. The SMILES string of the molecule is Cn1cc(CNCc2ccccc2OC(F)F)c(=O)n(C)c1=O. The first kappa shape index (κ1) is 16.9. The zero-order valence-electron chi connectivity index (χ0n) is 12.8. The molecule has 0 unspecified atom stereocenters. The first-order valence-electron chi connectivity index (χ1n) is 6.89. The van der Waals surface area contributed by atoms with E-state index in [4.69, 9.17) is 0 Å². The van der Waals surface area contributed by atoms with Gasteiger partial charge in [-0.2, -0.15) is 8.78 Å². The van der Waals surface area contributed by atoms with Crippen LogP contribution in [0.25, 0.3) is 0 Å². The number of hydrogen-bond donors (Lipinski definition) is 1. The van der Waals surface area contributed by atoms with Crippen LogP contribution in [0.4, 0.5) is 8.78 Å². The first-order chi connectivity index (χ1) is 10.9. The van der Waals surface area contributed by atoms with E-state index in [0.29, 0.717) is 11.1 Å². The van der Waals surface area contributed by atoms with E-state index in [1.807, 2.05) is 0 Å². The number of benzene rings is 1. The molecular formula is C15H17F2N3O3. The lowest BCUT2D eigenvalue weighted by atomic mass is 10.2. The second kappa shape index (κ2) is 7.19. The van der Waals surface area contributed by atoms with Crippen LogP contribution < -0.4 is 21.3 Å². The van der Waals surface area contributed by atoms with Gasteiger partial charge < -0.3 is 14.6 Å². The summed E-state index contributed by atoms with van der Waals surface area (Å²) < 4.78 is 31.5. The summed E-state index contributed by atoms with van der Waals surface area (Å²) >= 11 is 0. The van der Waals surface area contributed by atoms with Crippen LogP contribution >= 0.6 is 0 Å². The third-order valence-corrected chi connectivity index (χ3v) is 3.34. The van der Waals surface area contributed by atoms with Crippen molar-refractivity contribution in [3.05, 3.63) is 62.4 Å². The Hall–Kier alpha value is -2.48. The predicted octanol–water partition coefficient (Wildman–Crippen LogP) is 0.975. The molecule has 2 rings (SSSR count). The highest BCUT2D eigenvalue weighted by Crippen LogP contribution is 2.19. The fourth-order valence-electron chi connectivity index (χ4n) is 2.20. The van der Waals surface area contributed by atoms with Gasteiger partial charge in [0.15, 0.2) is 0 Å². The van der Waals surface area contributed by atoms with Crippen molar-refractivity contribution in [2.45, 2.75) is 19.7 Å². The fraction of sp³-hybridized carbons (Fsp3) is 0.333. The van der Waals surface area contributed by atoms with Crippen molar-refractivity contribution in [3.8, 4) is 5.75 Å². The highest BCUT2D eigenvalue weighted by Gasteiger charge is 2.10. The van der Waals surface area contributed by atoms with E-state index in [-0.39, 0.29) is 18.8 Å². The highest BCUT2D eigenvalue weighted by atomic mass is 19.3. The maximum absolute atomic E-state index is 12.3. The van der Waals surface area contributed by atoms with Gasteiger partial charge in [0.05, 0.1) is 0 Å². The molecule has 0 saturated carbocycles. The molecule has 2 aromatic rings. The molecule has 8 heteroatoms. The second-order valence-electron chi connectivity index (χ2n) is 5.00. The molecule has 1 heterocycles. The van der Waals surface area contributed by atoms with E-state index in [2.05, 4.69) is 10.1 Å². The molecule has 1 N–H and O–H groups in total. The molecule has 0 atom stereocenters. The average molecular weight is 325 g/mol. The van der Waals surface area contributed by atoms with Crippen LogP contribution in [0.1, 0.15) is 11.1 Å². The van der Waals surface area contributed by atoms with Crippen molar-refractivity contribution < 1.29 is 13.5 Å². The second-order valence-corrected chi connectivity index (χ2v) is 5.00. The van der Waals surface area contributed by atoms with E-state index < -0.39 is 17.9 Å². The van der Waals surface area contributed by atoms with Crippen LogP contribution in [0.5, 0.6) is 5.75 Å². The summed E-state index contributed by atoms with van der Waals surface area (Å²) in [5.74, 6) is 0.0864. The van der Waals surface area contributed by atoms with E-state index in [1.54, 1.807) is 25.2 Å². The third kappa shape index (κ3) is 4.04. The monoisotopic (exact) mass is 325 g/mol. The number of hydrogen-bond acceptors (Lipinski definition) is 4. The van der Waals surface area contributed by atoms with E-state index in [9.17, 15) is 18.4 Å². The Labute approximate surface area is 130 Å². The van der Waals surface area contributed by atoms with Crippen LogP contribution in [-0.4, -0.2) is 15.7 Å². The molecule has 0 bridgehead atoms. The molecule has 0 amide bonds. The predicted molar refractivity (Wildman–Crippen MR) is 80.5 cm³/mol. The van der Waals surface area contributed by atoms with Crippen molar-refractivity contribution >= 4 is 0 Å². The molecule has 124 valence electrons. The molecular weight excluding hydrogens is 308 g/mol. The minimum Gasteiger partial charge on any atom is -0.434 e. The minimum absolute atomic E-state index is 0.0864. The van der Waals surface area contributed by atoms with Gasteiger partial charge in [-0.05, 0) is 6.07 Å². The van der Waals surface area contributed by atoms with Gasteiger partial charge >= 0.3 is 12.3 Å². The van der Waals surface area contributed by atoms with Gasteiger partial charge in [-0.15, -0.1) is 0 Å². The Kier molecular flexibility index (Phi) is 5.28. The van der Waals surface area contributed by atoms with Crippen molar-refractivity contribution in [3.63, 3.8) is 0 Å². The number of para-hydroxylation sites is 1. The number of rotatable bonds is 6. The summed E-state index contributed by atoms with van der Waals surface area (Å²) in [6.45, 7) is -2.45. The molecule has 23 heavy (non-hydrogen) atoms. The average Bonchev–Trinajstić information content (AvgIpc) is 2.51. The fourth-order valence-corrected chi connectivity index (χ4v) is 2.20. The summed E-state index contributed by atoms with van der Waals surface area (Å²) in [5.41, 5.74) is 0.156. The largest absolute Gasteiger partial charge is 0.434 e. The zero-order valence-corrected chi connectivity index (χ0v) is 12.8. The van der Waals surface area contributed by atoms with Crippen molar-refractivity contribution in [1.29, 1.82) is 0 Å². The van der Waals surface area contributed by atoms with E-state index >= 15 is 0 Å². The standard InChI is InChI=1S/C15H17F2N3O3/c1-19-9-11(13(21)20(2)15(19)22)8-18-7-10-5-3-4-6-12(10)23-14(16)17/h3-6,9,14,18H,7-8H2,1-2H3. The Balaban J connectivity index is 2.10. The van der Waals surface area contributed by atoms with Gasteiger partial charge in [-0.25, -0.2) is 4.79 Å². The Morgan fingerprint density at radius 3 is 2.48 bits per heavy atom. The van der Waals surface area contributed by atoms with Gasteiger partial charge in [-0.1, -0.05) is 18.2 Å². The smallest absolute Gasteiger partial charge is 0.387 e. The quantitative estimate of drug-likeness (QED) is 0.860. The summed E-state index contributed by atoms with van der Waals surface area (Å²) in [6, 6.07) is 6.42. The number of alkyl halides is 2. The lowest BCUT2D eigenvalue weighted by Crippen LogP contribution is -2.39. The van der Waals surface area contributed by atoms with Gasteiger partial charge in [-0.3, -0.25) is 9.36 Å². The van der Waals surface area contributed by atoms with Crippen LogP contribution in [0.2, 0.25) is 0 Å². The molecule has 1 aromatic heterocycles. The summed E-state index contributed by atoms with van der Waals surface area (Å²) in [4.78, 5) is 23.6. The molecule has 0 radical (unpaired) electrons. The molecule has 0 aliphatic heterocycles.